The van der Waals surface area contributed by atoms with Crippen molar-refractivity contribution in [2.45, 2.75) is 19.8 Å². The number of carboxylic acids is 1. The molecule has 98 valence electrons. The summed E-state index contributed by atoms with van der Waals surface area (Å²) in [5, 5.41) is 8.62. The molecule has 2 aromatic rings. The van der Waals surface area contributed by atoms with E-state index in [-0.39, 0.29) is 6.42 Å². The lowest BCUT2D eigenvalue weighted by atomic mass is 10.1. The summed E-state index contributed by atoms with van der Waals surface area (Å²) in [7, 11) is 0. The monoisotopic (exact) mass is 256 g/mol. The second-order valence-electron chi connectivity index (χ2n) is 4.45. The Balaban J connectivity index is 1.98. The molecule has 2 rings (SSSR count). The molecule has 0 unspecified atom stereocenters. The predicted octanol–water partition coefficient (Wildman–Crippen LogP) is 3.80. The topological polar surface area (TPSA) is 46.5 Å². The second-order valence-corrected chi connectivity index (χ2v) is 4.45. The zero-order valence-corrected chi connectivity index (χ0v) is 10.8. The standard InChI is InChI=1S/C16H16O3/c1-12-2-7-14(8-3-12)19-15-9-4-13(5-10-15)6-11-16(17)18/h2-5,7-10H,6,11H2,1H3,(H,17,18). The van der Waals surface area contributed by atoms with Crippen LogP contribution in [0.2, 0.25) is 0 Å². The molecule has 19 heavy (non-hydrogen) atoms. The maximum atomic E-state index is 10.5. The molecule has 0 fully saturated rings. The van der Waals surface area contributed by atoms with Gasteiger partial charge >= 0.3 is 5.97 Å². The van der Waals surface area contributed by atoms with Crippen molar-refractivity contribution < 1.29 is 14.6 Å². The Kier molecular flexibility index (Phi) is 4.18. The average molecular weight is 256 g/mol. The third-order valence-corrected chi connectivity index (χ3v) is 2.81. The number of rotatable bonds is 5. The van der Waals surface area contributed by atoms with Gasteiger partial charge in [-0.15, -0.1) is 0 Å². The molecule has 3 nitrogen and oxygen atoms in total. The highest BCUT2D eigenvalue weighted by Crippen LogP contribution is 2.22. The van der Waals surface area contributed by atoms with E-state index < -0.39 is 5.97 Å². The molecule has 0 radical (unpaired) electrons. The molecule has 2 aromatic carbocycles. The molecule has 0 bridgehead atoms. The highest BCUT2D eigenvalue weighted by atomic mass is 16.5. The number of aryl methyl sites for hydroxylation is 2. The van der Waals surface area contributed by atoms with E-state index in [1.54, 1.807) is 0 Å². The van der Waals surface area contributed by atoms with E-state index in [4.69, 9.17) is 9.84 Å². The Bertz CT molecular complexity index is 541. The number of ether oxygens (including phenoxy) is 1. The van der Waals surface area contributed by atoms with Gasteiger partial charge in [-0.1, -0.05) is 29.8 Å². The molecule has 1 N–H and O–H groups in total. The first kappa shape index (κ1) is 13.1. The van der Waals surface area contributed by atoms with Crippen molar-refractivity contribution in [2.24, 2.45) is 0 Å². The molecular weight excluding hydrogens is 240 g/mol. The first-order chi connectivity index (χ1) is 9.13. The number of hydrogen-bond donors (Lipinski definition) is 1. The van der Waals surface area contributed by atoms with Gasteiger partial charge < -0.3 is 9.84 Å². The highest BCUT2D eigenvalue weighted by Gasteiger charge is 2.01. The highest BCUT2D eigenvalue weighted by molar-refractivity contribution is 5.67. The molecule has 3 heteroatoms. The lowest BCUT2D eigenvalue weighted by Crippen LogP contribution is -1.97. The molecule has 0 heterocycles. The van der Waals surface area contributed by atoms with Gasteiger partial charge in [-0.3, -0.25) is 4.79 Å². The number of aliphatic carboxylic acids is 1. The summed E-state index contributed by atoms with van der Waals surface area (Å²) in [6, 6.07) is 15.3. The Hall–Kier alpha value is -2.29. The van der Waals surface area contributed by atoms with E-state index in [1.807, 2.05) is 55.5 Å². The van der Waals surface area contributed by atoms with Gasteiger partial charge in [0.25, 0.3) is 0 Å². The number of carboxylic acid groups (broad SMARTS) is 1. The molecule has 0 saturated carbocycles. The van der Waals surface area contributed by atoms with Gasteiger partial charge in [0.05, 0.1) is 0 Å². The van der Waals surface area contributed by atoms with Crippen LogP contribution in [0.5, 0.6) is 11.5 Å². The minimum atomic E-state index is -0.778. The van der Waals surface area contributed by atoms with E-state index in [0.29, 0.717) is 6.42 Å². The molecule has 0 amide bonds. The molecule has 0 spiro atoms. The lowest BCUT2D eigenvalue weighted by Gasteiger charge is -2.06. The van der Waals surface area contributed by atoms with E-state index in [0.717, 1.165) is 17.1 Å². The van der Waals surface area contributed by atoms with Gasteiger partial charge in [0.15, 0.2) is 0 Å². The molecule has 0 aromatic heterocycles. The minimum Gasteiger partial charge on any atom is -0.481 e. The third kappa shape index (κ3) is 4.14. The van der Waals surface area contributed by atoms with Gasteiger partial charge in [0, 0.05) is 6.42 Å². The maximum absolute atomic E-state index is 10.5. The summed E-state index contributed by atoms with van der Waals surface area (Å²) >= 11 is 0. The zero-order valence-electron chi connectivity index (χ0n) is 10.8. The molecule has 0 saturated heterocycles. The first-order valence-corrected chi connectivity index (χ1v) is 6.19. The van der Waals surface area contributed by atoms with Crippen molar-refractivity contribution in [3.63, 3.8) is 0 Å². The maximum Gasteiger partial charge on any atom is 0.303 e. The molecule has 0 atom stereocenters. The fraction of sp³-hybridized carbons (Fsp3) is 0.188. The minimum absolute atomic E-state index is 0.151. The van der Waals surface area contributed by atoms with Gasteiger partial charge in [-0.05, 0) is 43.2 Å². The summed E-state index contributed by atoms with van der Waals surface area (Å²) in [6.07, 6.45) is 0.693. The Morgan fingerprint density at radius 1 is 1.00 bits per heavy atom. The van der Waals surface area contributed by atoms with Gasteiger partial charge in [0.1, 0.15) is 11.5 Å². The van der Waals surface area contributed by atoms with Crippen LogP contribution in [-0.4, -0.2) is 11.1 Å². The molecule has 0 aliphatic carbocycles. The number of hydrogen-bond acceptors (Lipinski definition) is 2. The molecule has 0 aliphatic heterocycles. The number of benzene rings is 2. The van der Waals surface area contributed by atoms with Crippen LogP contribution in [0.25, 0.3) is 0 Å². The summed E-state index contributed by atoms with van der Waals surface area (Å²) in [5.41, 5.74) is 2.19. The van der Waals surface area contributed by atoms with Gasteiger partial charge in [0.2, 0.25) is 0 Å². The summed E-state index contributed by atoms with van der Waals surface area (Å²) in [4.78, 5) is 10.5. The van der Waals surface area contributed by atoms with Crippen molar-refractivity contribution >= 4 is 5.97 Å². The van der Waals surface area contributed by atoms with Crippen LogP contribution in [0.15, 0.2) is 48.5 Å². The van der Waals surface area contributed by atoms with Crippen LogP contribution in [-0.2, 0) is 11.2 Å². The summed E-state index contributed by atoms with van der Waals surface area (Å²) in [5.74, 6) is 0.770. The van der Waals surface area contributed by atoms with Crippen molar-refractivity contribution in [1.29, 1.82) is 0 Å². The van der Waals surface area contributed by atoms with Gasteiger partial charge in [-0.25, -0.2) is 0 Å². The Labute approximate surface area is 112 Å². The quantitative estimate of drug-likeness (QED) is 0.885. The predicted molar refractivity (Wildman–Crippen MR) is 73.7 cm³/mol. The van der Waals surface area contributed by atoms with Crippen molar-refractivity contribution in [3.05, 3.63) is 59.7 Å². The van der Waals surface area contributed by atoms with Crippen LogP contribution >= 0.6 is 0 Å². The van der Waals surface area contributed by atoms with E-state index in [1.165, 1.54) is 5.56 Å². The first-order valence-electron chi connectivity index (χ1n) is 6.19. The normalized spacial score (nSPS) is 10.2. The number of carbonyl (C=O) groups is 1. The van der Waals surface area contributed by atoms with Crippen LogP contribution in [0.4, 0.5) is 0 Å². The fourth-order valence-corrected chi connectivity index (χ4v) is 1.72. The van der Waals surface area contributed by atoms with E-state index in [2.05, 4.69) is 0 Å². The summed E-state index contributed by atoms with van der Waals surface area (Å²) < 4.78 is 5.70. The zero-order chi connectivity index (χ0) is 13.7. The SMILES string of the molecule is Cc1ccc(Oc2ccc(CCC(=O)O)cc2)cc1. The van der Waals surface area contributed by atoms with Crippen molar-refractivity contribution in [3.8, 4) is 11.5 Å². The smallest absolute Gasteiger partial charge is 0.303 e. The average Bonchev–Trinajstić information content (AvgIpc) is 2.40. The molecular formula is C16H16O3. The largest absolute Gasteiger partial charge is 0.481 e. The second kappa shape index (κ2) is 6.05. The van der Waals surface area contributed by atoms with Crippen LogP contribution in [0.1, 0.15) is 17.5 Å². The van der Waals surface area contributed by atoms with Crippen LogP contribution in [0, 0.1) is 6.92 Å². The van der Waals surface area contributed by atoms with Crippen molar-refractivity contribution in [1.82, 2.24) is 0 Å². The fourth-order valence-electron chi connectivity index (χ4n) is 1.72. The van der Waals surface area contributed by atoms with Gasteiger partial charge in [-0.2, -0.15) is 0 Å². The Morgan fingerprint density at radius 3 is 2.05 bits per heavy atom. The lowest BCUT2D eigenvalue weighted by molar-refractivity contribution is -0.136. The van der Waals surface area contributed by atoms with Crippen molar-refractivity contribution in [2.75, 3.05) is 0 Å². The van der Waals surface area contributed by atoms with E-state index >= 15 is 0 Å². The summed E-state index contributed by atoms with van der Waals surface area (Å²) in [6.45, 7) is 2.03. The Morgan fingerprint density at radius 2 is 1.53 bits per heavy atom. The third-order valence-electron chi connectivity index (χ3n) is 2.81. The van der Waals surface area contributed by atoms with Crippen LogP contribution < -0.4 is 4.74 Å². The van der Waals surface area contributed by atoms with E-state index in [9.17, 15) is 4.79 Å². The molecule has 0 aliphatic rings. The van der Waals surface area contributed by atoms with Crippen LogP contribution in [0.3, 0.4) is 0 Å².